The zero-order valence-corrected chi connectivity index (χ0v) is 8.34. The SMILES string of the molecule is O=S(=O)(Nc1cnns1)c1cnc[nH]1. The molecule has 2 N–H and O–H groups in total. The Hall–Kier alpha value is -1.48. The number of aromatic amines is 1. The van der Waals surface area contributed by atoms with Gasteiger partial charge in [0.2, 0.25) is 0 Å². The van der Waals surface area contributed by atoms with E-state index in [1.54, 1.807) is 0 Å². The van der Waals surface area contributed by atoms with Crippen LogP contribution in [0.5, 0.6) is 0 Å². The van der Waals surface area contributed by atoms with Gasteiger partial charge in [-0.3, -0.25) is 4.72 Å². The van der Waals surface area contributed by atoms with Crippen LogP contribution >= 0.6 is 11.5 Å². The van der Waals surface area contributed by atoms with E-state index in [2.05, 4.69) is 24.3 Å². The van der Waals surface area contributed by atoms with Crippen LogP contribution in [0.25, 0.3) is 0 Å². The molecule has 74 valence electrons. The van der Waals surface area contributed by atoms with E-state index >= 15 is 0 Å². The van der Waals surface area contributed by atoms with E-state index in [1.807, 2.05) is 0 Å². The third-order valence-electron chi connectivity index (χ3n) is 1.36. The fourth-order valence-electron chi connectivity index (χ4n) is 0.790. The Balaban J connectivity index is 2.27. The Morgan fingerprint density at radius 1 is 1.43 bits per heavy atom. The fourth-order valence-corrected chi connectivity index (χ4v) is 2.38. The van der Waals surface area contributed by atoms with Gasteiger partial charge in [-0.2, -0.15) is 8.42 Å². The molecule has 0 amide bonds. The minimum absolute atomic E-state index is 0.00546. The second-order valence-electron chi connectivity index (χ2n) is 2.30. The summed E-state index contributed by atoms with van der Waals surface area (Å²) in [5.74, 6) is 0. The number of nitrogens with zero attached hydrogens (tertiary/aromatic N) is 3. The quantitative estimate of drug-likeness (QED) is 0.778. The number of hydrogen-bond acceptors (Lipinski definition) is 6. The number of H-pyrrole nitrogens is 1. The number of anilines is 1. The van der Waals surface area contributed by atoms with Gasteiger partial charge in [-0.15, -0.1) is 5.10 Å². The van der Waals surface area contributed by atoms with Crippen molar-refractivity contribution in [1.82, 2.24) is 19.6 Å². The first-order valence-corrected chi connectivity index (χ1v) is 5.73. The van der Waals surface area contributed by atoms with Crippen molar-refractivity contribution in [2.45, 2.75) is 5.03 Å². The van der Waals surface area contributed by atoms with Crippen molar-refractivity contribution in [2.24, 2.45) is 0 Å². The number of rotatable bonds is 3. The van der Waals surface area contributed by atoms with Gasteiger partial charge in [0, 0.05) is 11.5 Å². The molecule has 0 aliphatic heterocycles. The summed E-state index contributed by atoms with van der Waals surface area (Å²) in [6.45, 7) is 0. The van der Waals surface area contributed by atoms with Crippen molar-refractivity contribution in [3.63, 3.8) is 0 Å². The van der Waals surface area contributed by atoms with E-state index < -0.39 is 10.0 Å². The lowest BCUT2D eigenvalue weighted by atomic mass is 10.9. The number of nitrogens with one attached hydrogen (secondary N) is 2. The summed E-state index contributed by atoms with van der Waals surface area (Å²) in [6, 6.07) is 0. The Bertz CT molecular complexity index is 488. The Kier molecular flexibility index (Phi) is 2.17. The summed E-state index contributed by atoms with van der Waals surface area (Å²) >= 11 is 0.961. The topological polar surface area (TPSA) is 101 Å². The molecule has 0 aromatic carbocycles. The van der Waals surface area contributed by atoms with E-state index in [0.717, 1.165) is 11.5 Å². The highest BCUT2D eigenvalue weighted by atomic mass is 32.2. The number of sulfonamides is 1. The van der Waals surface area contributed by atoms with Crippen molar-refractivity contribution in [3.8, 4) is 0 Å². The normalized spacial score (nSPS) is 11.4. The van der Waals surface area contributed by atoms with Crippen LogP contribution in [-0.4, -0.2) is 28.0 Å². The second-order valence-corrected chi connectivity index (χ2v) is 4.74. The Labute approximate surface area is 83.4 Å². The van der Waals surface area contributed by atoms with Crippen LogP contribution in [0.4, 0.5) is 5.00 Å². The molecule has 0 radical (unpaired) electrons. The van der Waals surface area contributed by atoms with Crippen LogP contribution in [-0.2, 0) is 10.0 Å². The van der Waals surface area contributed by atoms with Gasteiger partial charge in [0.25, 0.3) is 10.0 Å². The molecule has 2 aromatic heterocycles. The van der Waals surface area contributed by atoms with Gasteiger partial charge in [0.15, 0.2) is 5.03 Å². The zero-order chi connectivity index (χ0) is 10.0. The lowest BCUT2D eigenvalue weighted by Crippen LogP contribution is -2.12. The molecular formula is C5H5N5O2S2. The van der Waals surface area contributed by atoms with Crippen molar-refractivity contribution in [1.29, 1.82) is 0 Å². The highest BCUT2D eigenvalue weighted by Gasteiger charge is 2.16. The molecule has 0 saturated heterocycles. The van der Waals surface area contributed by atoms with Gasteiger partial charge in [-0.25, -0.2) is 4.98 Å². The van der Waals surface area contributed by atoms with Gasteiger partial charge >= 0.3 is 0 Å². The molecule has 0 spiro atoms. The van der Waals surface area contributed by atoms with Crippen molar-refractivity contribution < 1.29 is 8.42 Å². The first-order chi connectivity index (χ1) is 6.68. The van der Waals surface area contributed by atoms with Crippen LogP contribution < -0.4 is 4.72 Å². The van der Waals surface area contributed by atoms with E-state index in [1.165, 1.54) is 18.7 Å². The zero-order valence-electron chi connectivity index (χ0n) is 6.71. The van der Waals surface area contributed by atoms with Gasteiger partial charge in [-0.1, -0.05) is 4.49 Å². The maximum atomic E-state index is 11.5. The maximum Gasteiger partial charge on any atom is 0.279 e. The predicted molar refractivity (Wildman–Crippen MR) is 49.3 cm³/mol. The standard InChI is InChI=1S/C5H5N5O2S2/c11-14(12,5-2-6-3-7-5)9-4-1-8-10-13-4/h1-3,9H,(H,6,7). The molecule has 14 heavy (non-hydrogen) atoms. The van der Waals surface area contributed by atoms with Crippen LogP contribution in [0.15, 0.2) is 23.7 Å². The van der Waals surface area contributed by atoms with E-state index in [0.29, 0.717) is 5.00 Å². The van der Waals surface area contributed by atoms with Crippen molar-refractivity contribution in [3.05, 3.63) is 18.7 Å². The number of aromatic nitrogens is 4. The highest BCUT2D eigenvalue weighted by Crippen LogP contribution is 2.15. The lowest BCUT2D eigenvalue weighted by Gasteiger charge is -2.00. The lowest BCUT2D eigenvalue weighted by molar-refractivity contribution is 0.598. The Morgan fingerprint density at radius 3 is 2.86 bits per heavy atom. The van der Waals surface area contributed by atoms with Crippen LogP contribution in [0.3, 0.4) is 0 Å². The molecule has 2 aromatic rings. The van der Waals surface area contributed by atoms with Crippen LogP contribution in [0.1, 0.15) is 0 Å². The molecule has 0 unspecified atom stereocenters. The third-order valence-corrected chi connectivity index (χ3v) is 3.36. The summed E-state index contributed by atoms with van der Waals surface area (Å²) in [7, 11) is -3.58. The number of hydrogen-bond donors (Lipinski definition) is 2. The monoisotopic (exact) mass is 231 g/mol. The summed E-state index contributed by atoms with van der Waals surface area (Å²) in [4.78, 5) is 6.11. The van der Waals surface area contributed by atoms with Crippen LogP contribution in [0, 0.1) is 0 Å². The summed E-state index contributed by atoms with van der Waals surface area (Å²) < 4.78 is 28.9. The predicted octanol–water partition coefficient (Wildman–Crippen LogP) is 0.0620. The molecule has 2 heterocycles. The third kappa shape index (κ3) is 1.72. The molecule has 0 aliphatic carbocycles. The molecule has 0 bridgehead atoms. The van der Waals surface area contributed by atoms with E-state index in [9.17, 15) is 8.42 Å². The van der Waals surface area contributed by atoms with E-state index in [4.69, 9.17) is 0 Å². The average Bonchev–Trinajstić information content (AvgIpc) is 2.71. The van der Waals surface area contributed by atoms with Crippen molar-refractivity contribution >= 4 is 26.6 Å². The molecule has 2 rings (SSSR count). The number of imidazole rings is 1. The molecule has 0 atom stereocenters. The van der Waals surface area contributed by atoms with Gasteiger partial charge in [-0.05, 0) is 0 Å². The first-order valence-electron chi connectivity index (χ1n) is 3.47. The Morgan fingerprint density at radius 2 is 2.29 bits per heavy atom. The summed E-state index contributed by atoms with van der Waals surface area (Å²) in [6.07, 6.45) is 3.84. The molecule has 9 heteroatoms. The molecule has 0 fully saturated rings. The smallest absolute Gasteiger partial charge is 0.279 e. The molecule has 0 aliphatic rings. The second kappa shape index (κ2) is 3.35. The maximum absolute atomic E-state index is 11.5. The minimum atomic E-state index is -3.58. The summed E-state index contributed by atoms with van der Waals surface area (Å²) in [5.41, 5.74) is 0. The molecule has 0 saturated carbocycles. The minimum Gasteiger partial charge on any atom is -0.334 e. The van der Waals surface area contributed by atoms with Crippen molar-refractivity contribution in [2.75, 3.05) is 4.72 Å². The highest BCUT2D eigenvalue weighted by molar-refractivity contribution is 7.92. The van der Waals surface area contributed by atoms with Gasteiger partial charge < -0.3 is 4.98 Å². The first kappa shape index (κ1) is 9.09. The van der Waals surface area contributed by atoms with Crippen LogP contribution in [0.2, 0.25) is 0 Å². The van der Waals surface area contributed by atoms with E-state index in [-0.39, 0.29) is 5.03 Å². The fraction of sp³-hybridized carbons (Fsp3) is 0. The average molecular weight is 231 g/mol. The molecule has 7 nitrogen and oxygen atoms in total. The van der Waals surface area contributed by atoms with Gasteiger partial charge in [0.1, 0.15) is 5.00 Å². The summed E-state index contributed by atoms with van der Waals surface area (Å²) in [5, 5.41) is 3.87. The molecular weight excluding hydrogens is 226 g/mol. The van der Waals surface area contributed by atoms with Gasteiger partial charge in [0.05, 0.1) is 18.7 Å². The largest absolute Gasteiger partial charge is 0.334 e.